The van der Waals surface area contributed by atoms with Crippen molar-refractivity contribution in [3.63, 3.8) is 0 Å². The summed E-state index contributed by atoms with van der Waals surface area (Å²) in [4.78, 5) is 0. The Balaban J connectivity index is 2.13. The van der Waals surface area contributed by atoms with Gasteiger partial charge in [0.2, 0.25) is 0 Å². The molecule has 0 heterocycles. The maximum absolute atomic E-state index is 13.4. The van der Waals surface area contributed by atoms with E-state index >= 15 is 0 Å². The zero-order valence-electron chi connectivity index (χ0n) is 9.18. The molecule has 1 nitrogen and oxygen atoms in total. The fourth-order valence-electron chi connectivity index (χ4n) is 1.50. The third-order valence-electron chi connectivity index (χ3n) is 2.41. The minimum absolute atomic E-state index is 0.226. The van der Waals surface area contributed by atoms with Crippen LogP contribution in [-0.2, 0) is 6.54 Å². The van der Waals surface area contributed by atoms with Gasteiger partial charge in [-0.2, -0.15) is 0 Å². The highest BCUT2D eigenvalue weighted by atomic mass is 79.9. The van der Waals surface area contributed by atoms with Gasteiger partial charge in [0.15, 0.2) is 0 Å². The molecule has 2 aromatic carbocycles. The van der Waals surface area contributed by atoms with Crippen LogP contribution in [0, 0.1) is 11.6 Å². The number of hydrogen-bond acceptors (Lipinski definition) is 1. The molecule has 0 radical (unpaired) electrons. The molecule has 0 bridgehead atoms. The minimum atomic E-state index is -0.442. The van der Waals surface area contributed by atoms with Crippen LogP contribution < -0.4 is 5.32 Å². The number of nitrogens with one attached hydrogen (secondary N) is 1. The van der Waals surface area contributed by atoms with Gasteiger partial charge in [-0.15, -0.1) is 0 Å². The van der Waals surface area contributed by atoms with Crippen molar-refractivity contribution in [1.82, 2.24) is 0 Å². The monoisotopic (exact) mass is 375 g/mol. The Bertz CT molecular complexity index is 573. The van der Waals surface area contributed by atoms with Crippen LogP contribution in [0.3, 0.4) is 0 Å². The Kier molecular flexibility index (Phi) is 4.35. The van der Waals surface area contributed by atoms with Gasteiger partial charge in [0.05, 0.1) is 0 Å². The van der Waals surface area contributed by atoms with Gasteiger partial charge in [-0.05, 0) is 52.3 Å². The van der Waals surface area contributed by atoms with Crippen LogP contribution in [0.1, 0.15) is 5.56 Å². The Morgan fingerprint density at radius 2 is 1.78 bits per heavy atom. The van der Waals surface area contributed by atoms with E-state index in [0.717, 1.165) is 26.8 Å². The van der Waals surface area contributed by atoms with Gasteiger partial charge < -0.3 is 5.32 Å². The fourth-order valence-corrected chi connectivity index (χ4v) is 2.69. The van der Waals surface area contributed by atoms with Crippen LogP contribution in [0.15, 0.2) is 45.3 Å². The summed E-state index contributed by atoms with van der Waals surface area (Å²) in [5.41, 5.74) is 1.12. The molecule has 0 spiro atoms. The molecule has 0 amide bonds. The molecule has 0 aliphatic rings. The molecular weight excluding hydrogens is 368 g/mol. The van der Waals surface area contributed by atoms with Crippen molar-refractivity contribution < 1.29 is 8.78 Å². The molecule has 0 aromatic heterocycles. The van der Waals surface area contributed by atoms with E-state index in [1.165, 1.54) is 6.07 Å². The van der Waals surface area contributed by atoms with Gasteiger partial charge in [0.1, 0.15) is 11.6 Å². The maximum atomic E-state index is 13.4. The largest absolute Gasteiger partial charge is 0.380 e. The lowest BCUT2D eigenvalue weighted by Gasteiger charge is -2.09. The van der Waals surface area contributed by atoms with Crippen LogP contribution in [0.25, 0.3) is 0 Å². The average molecular weight is 377 g/mol. The Morgan fingerprint density at radius 3 is 2.50 bits per heavy atom. The Labute approximate surface area is 120 Å². The summed E-state index contributed by atoms with van der Waals surface area (Å²) in [6.07, 6.45) is 0. The first-order chi connectivity index (χ1) is 8.56. The lowest BCUT2D eigenvalue weighted by atomic mass is 10.2. The first-order valence-electron chi connectivity index (χ1n) is 5.19. The molecule has 0 atom stereocenters. The summed E-state index contributed by atoms with van der Waals surface area (Å²) in [7, 11) is 0. The Hall–Kier alpha value is -0.940. The summed E-state index contributed by atoms with van der Waals surface area (Å²) in [5.74, 6) is -0.861. The standard InChI is InChI=1S/C13H9Br2F2N/c14-9-1-4-13(11(15)6-9)18-7-8-5-10(16)2-3-12(8)17/h1-6,18H,7H2. The first-order valence-corrected chi connectivity index (χ1v) is 6.78. The van der Waals surface area contributed by atoms with Crippen molar-refractivity contribution in [1.29, 1.82) is 0 Å². The van der Waals surface area contributed by atoms with E-state index in [9.17, 15) is 8.78 Å². The molecule has 2 rings (SSSR count). The lowest BCUT2D eigenvalue weighted by Crippen LogP contribution is -2.02. The van der Waals surface area contributed by atoms with Crippen molar-refractivity contribution >= 4 is 37.5 Å². The predicted molar refractivity (Wildman–Crippen MR) is 75.5 cm³/mol. The molecule has 18 heavy (non-hydrogen) atoms. The maximum Gasteiger partial charge on any atom is 0.128 e. The summed E-state index contributed by atoms with van der Waals surface area (Å²) >= 11 is 6.74. The van der Waals surface area contributed by atoms with E-state index in [1.54, 1.807) is 0 Å². The van der Waals surface area contributed by atoms with Crippen molar-refractivity contribution in [3.8, 4) is 0 Å². The van der Waals surface area contributed by atoms with Gasteiger partial charge in [-0.3, -0.25) is 0 Å². The van der Waals surface area contributed by atoms with Gasteiger partial charge in [0, 0.05) is 26.7 Å². The summed E-state index contributed by atoms with van der Waals surface area (Å²) in [6.45, 7) is 0.226. The molecule has 0 aliphatic heterocycles. The normalized spacial score (nSPS) is 10.4. The number of anilines is 1. The third-order valence-corrected chi connectivity index (χ3v) is 3.56. The minimum Gasteiger partial charge on any atom is -0.380 e. The molecule has 2 aromatic rings. The summed E-state index contributed by atoms with van der Waals surface area (Å²) in [6, 6.07) is 9.02. The topological polar surface area (TPSA) is 12.0 Å². The van der Waals surface area contributed by atoms with Crippen molar-refractivity contribution in [2.24, 2.45) is 0 Å². The highest BCUT2D eigenvalue weighted by Crippen LogP contribution is 2.26. The van der Waals surface area contributed by atoms with Crippen molar-refractivity contribution in [3.05, 3.63) is 62.5 Å². The second kappa shape index (κ2) is 5.80. The number of halogens is 4. The molecular formula is C13H9Br2F2N. The van der Waals surface area contributed by atoms with Gasteiger partial charge in [-0.25, -0.2) is 8.78 Å². The molecule has 0 aliphatic carbocycles. The highest BCUT2D eigenvalue weighted by molar-refractivity contribution is 9.11. The van der Waals surface area contributed by atoms with Crippen LogP contribution in [-0.4, -0.2) is 0 Å². The van der Waals surface area contributed by atoms with E-state index in [0.29, 0.717) is 5.56 Å². The molecule has 0 saturated carbocycles. The summed E-state index contributed by atoms with van der Waals surface area (Å²) < 4.78 is 28.2. The summed E-state index contributed by atoms with van der Waals surface area (Å²) in [5, 5.41) is 3.05. The van der Waals surface area contributed by atoms with Crippen molar-refractivity contribution in [2.45, 2.75) is 6.54 Å². The van der Waals surface area contributed by atoms with E-state index in [-0.39, 0.29) is 6.54 Å². The van der Waals surface area contributed by atoms with Crippen LogP contribution in [0.4, 0.5) is 14.5 Å². The number of hydrogen-bond donors (Lipinski definition) is 1. The second-order valence-corrected chi connectivity index (χ2v) is 5.48. The zero-order chi connectivity index (χ0) is 13.1. The van der Waals surface area contributed by atoms with E-state index < -0.39 is 11.6 Å². The average Bonchev–Trinajstić information content (AvgIpc) is 2.32. The van der Waals surface area contributed by atoms with E-state index in [2.05, 4.69) is 37.2 Å². The first kappa shape index (κ1) is 13.5. The van der Waals surface area contributed by atoms with Gasteiger partial charge in [0.25, 0.3) is 0 Å². The fraction of sp³-hybridized carbons (Fsp3) is 0.0769. The van der Waals surface area contributed by atoms with Gasteiger partial charge in [-0.1, -0.05) is 15.9 Å². The number of rotatable bonds is 3. The quantitative estimate of drug-likeness (QED) is 0.785. The van der Waals surface area contributed by atoms with E-state index in [1.807, 2.05) is 18.2 Å². The number of benzene rings is 2. The molecule has 5 heteroatoms. The SMILES string of the molecule is Fc1ccc(F)c(CNc2ccc(Br)cc2Br)c1. The lowest BCUT2D eigenvalue weighted by molar-refractivity contribution is 0.587. The van der Waals surface area contributed by atoms with Crippen LogP contribution in [0.2, 0.25) is 0 Å². The van der Waals surface area contributed by atoms with Crippen LogP contribution in [0.5, 0.6) is 0 Å². The smallest absolute Gasteiger partial charge is 0.128 e. The van der Waals surface area contributed by atoms with Crippen LogP contribution >= 0.6 is 31.9 Å². The third kappa shape index (κ3) is 3.29. The zero-order valence-corrected chi connectivity index (χ0v) is 12.4. The predicted octanol–water partition coefficient (Wildman–Crippen LogP) is 5.10. The Morgan fingerprint density at radius 1 is 1.00 bits per heavy atom. The molecule has 94 valence electrons. The second-order valence-electron chi connectivity index (χ2n) is 3.71. The van der Waals surface area contributed by atoms with Gasteiger partial charge >= 0.3 is 0 Å². The van der Waals surface area contributed by atoms with E-state index in [4.69, 9.17) is 0 Å². The molecule has 0 saturated heterocycles. The molecule has 0 fully saturated rings. The van der Waals surface area contributed by atoms with Crippen molar-refractivity contribution in [2.75, 3.05) is 5.32 Å². The molecule has 0 unspecified atom stereocenters. The highest BCUT2D eigenvalue weighted by Gasteiger charge is 2.05. The molecule has 1 N–H and O–H groups in total.